The van der Waals surface area contributed by atoms with Gasteiger partial charge in [0.15, 0.2) is 6.29 Å². The number of nitrogens with one attached hydrogen (secondary N) is 1. The Morgan fingerprint density at radius 1 is 1.33 bits per heavy atom. The van der Waals surface area contributed by atoms with E-state index in [1.807, 2.05) is 0 Å². The lowest BCUT2D eigenvalue weighted by atomic mass is 10.1. The van der Waals surface area contributed by atoms with Gasteiger partial charge in [-0.1, -0.05) is 0 Å². The molecule has 15 heavy (non-hydrogen) atoms. The van der Waals surface area contributed by atoms with Gasteiger partial charge in [-0.3, -0.25) is 0 Å². The van der Waals surface area contributed by atoms with E-state index in [9.17, 15) is 0 Å². The minimum atomic E-state index is -0.186. The first-order valence-electron chi connectivity index (χ1n) is 5.68. The zero-order valence-electron chi connectivity index (χ0n) is 9.99. The smallest absolute Gasteiger partial charge is 0.171 e. The molecule has 1 aliphatic rings. The fourth-order valence-corrected chi connectivity index (χ4v) is 1.89. The standard InChI is InChI=1S/C11H23NO3/c1-9(11(13-2)14-3)12-8-10-6-4-5-7-15-10/h9-12H,4-8H2,1-3H3. The van der Waals surface area contributed by atoms with Gasteiger partial charge in [0.25, 0.3) is 0 Å². The maximum Gasteiger partial charge on any atom is 0.171 e. The Morgan fingerprint density at radius 2 is 2.07 bits per heavy atom. The van der Waals surface area contributed by atoms with Crippen LogP contribution in [-0.2, 0) is 14.2 Å². The number of methoxy groups -OCH3 is 2. The molecule has 1 N–H and O–H groups in total. The highest BCUT2D eigenvalue weighted by Gasteiger charge is 2.18. The van der Waals surface area contributed by atoms with E-state index in [4.69, 9.17) is 14.2 Å². The largest absolute Gasteiger partial charge is 0.377 e. The summed E-state index contributed by atoms with van der Waals surface area (Å²) < 4.78 is 16.0. The molecule has 4 heteroatoms. The third kappa shape index (κ3) is 4.47. The van der Waals surface area contributed by atoms with E-state index in [1.165, 1.54) is 12.8 Å². The minimum absolute atomic E-state index is 0.186. The molecule has 1 saturated heterocycles. The molecule has 0 aromatic carbocycles. The highest BCUT2D eigenvalue weighted by atomic mass is 16.7. The van der Waals surface area contributed by atoms with Crippen LogP contribution in [0.4, 0.5) is 0 Å². The maximum atomic E-state index is 5.63. The van der Waals surface area contributed by atoms with Crippen LogP contribution in [0, 0.1) is 0 Å². The zero-order valence-corrected chi connectivity index (χ0v) is 9.99. The summed E-state index contributed by atoms with van der Waals surface area (Å²) in [6.45, 7) is 3.84. The molecule has 4 nitrogen and oxygen atoms in total. The lowest BCUT2D eigenvalue weighted by Crippen LogP contribution is -2.44. The number of rotatable bonds is 6. The normalized spacial score (nSPS) is 24.4. The summed E-state index contributed by atoms with van der Waals surface area (Å²) in [4.78, 5) is 0. The van der Waals surface area contributed by atoms with E-state index < -0.39 is 0 Å². The lowest BCUT2D eigenvalue weighted by molar-refractivity contribution is -0.121. The third-order valence-electron chi connectivity index (χ3n) is 2.81. The molecule has 1 aliphatic heterocycles. The second kappa shape index (κ2) is 7.17. The lowest BCUT2D eigenvalue weighted by Gasteiger charge is -2.27. The highest BCUT2D eigenvalue weighted by Crippen LogP contribution is 2.12. The molecule has 0 spiro atoms. The number of hydrogen-bond donors (Lipinski definition) is 1. The second-order valence-corrected chi connectivity index (χ2v) is 4.03. The van der Waals surface area contributed by atoms with Crippen LogP contribution in [0.25, 0.3) is 0 Å². The first-order chi connectivity index (χ1) is 7.27. The van der Waals surface area contributed by atoms with Crippen molar-refractivity contribution in [2.75, 3.05) is 27.4 Å². The molecule has 2 atom stereocenters. The van der Waals surface area contributed by atoms with Gasteiger partial charge in [0, 0.05) is 27.4 Å². The molecule has 1 fully saturated rings. The van der Waals surface area contributed by atoms with Gasteiger partial charge in [-0.15, -0.1) is 0 Å². The summed E-state index contributed by atoms with van der Waals surface area (Å²) in [6.07, 6.45) is 3.80. The Morgan fingerprint density at radius 3 is 2.60 bits per heavy atom. The predicted molar refractivity (Wildman–Crippen MR) is 58.9 cm³/mol. The summed E-state index contributed by atoms with van der Waals surface area (Å²) in [5, 5.41) is 3.38. The van der Waals surface area contributed by atoms with E-state index >= 15 is 0 Å². The molecule has 0 saturated carbocycles. The quantitative estimate of drug-likeness (QED) is 0.678. The average Bonchev–Trinajstić information content (AvgIpc) is 2.29. The van der Waals surface area contributed by atoms with Gasteiger partial charge in [0.1, 0.15) is 0 Å². The first-order valence-corrected chi connectivity index (χ1v) is 5.68. The summed E-state index contributed by atoms with van der Waals surface area (Å²) in [5.41, 5.74) is 0. The van der Waals surface area contributed by atoms with E-state index in [0.717, 1.165) is 19.6 Å². The van der Waals surface area contributed by atoms with Crippen molar-refractivity contribution < 1.29 is 14.2 Å². The van der Waals surface area contributed by atoms with Gasteiger partial charge in [-0.2, -0.15) is 0 Å². The number of hydrogen-bond acceptors (Lipinski definition) is 4. The van der Waals surface area contributed by atoms with Gasteiger partial charge < -0.3 is 19.5 Å². The topological polar surface area (TPSA) is 39.7 Å². The predicted octanol–water partition coefficient (Wildman–Crippen LogP) is 1.15. The molecular weight excluding hydrogens is 194 g/mol. The Hall–Kier alpha value is -0.160. The van der Waals surface area contributed by atoms with E-state index in [1.54, 1.807) is 14.2 Å². The molecule has 0 aromatic rings. The van der Waals surface area contributed by atoms with E-state index in [2.05, 4.69) is 12.2 Å². The Kier molecular flexibility index (Phi) is 6.17. The summed E-state index contributed by atoms with van der Waals surface area (Å²) >= 11 is 0. The van der Waals surface area contributed by atoms with Crippen LogP contribution in [0.3, 0.4) is 0 Å². The van der Waals surface area contributed by atoms with Crippen molar-refractivity contribution in [3.05, 3.63) is 0 Å². The fraction of sp³-hybridized carbons (Fsp3) is 1.00. The third-order valence-corrected chi connectivity index (χ3v) is 2.81. The molecule has 0 radical (unpaired) electrons. The Labute approximate surface area is 92.3 Å². The summed E-state index contributed by atoms with van der Waals surface area (Å²) in [5.74, 6) is 0. The van der Waals surface area contributed by atoms with Gasteiger partial charge in [-0.25, -0.2) is 0 Å². The second-order valence-electron chi connectivity index (χ2n) is 4.03. The van der Waals surface area contributed by atoms with Crippen molar-refractivity contribution in [3.63, 3.8) is 0 Å². The van der Waals surface area contributed by atoms with Crippen LogP contribution in [0.5, 0.6) is 0 Å². The maximum absolute atomic E-state index is 5.63. The van der Waals surface area contributed by atoms with Gasteiger partial charge >= 0.3 is 0 Å². The average molecular weight is 217 g/mol. The SMILES string of the molecule is COC(OC)C(C)NCC1CCCCO1. The summed E-state index contributed by atoms with van der Waals surface area (Å²) in [6, 6.07) is 0.186. The van der Waals surface area contributed by atoms with Crippen molar-refractivity contribution in [2.45, 2.75) is 44.6 Å². The van der Waals surface area contributed by atoms with Crippen molar-refractivity contribution in [1.29, 1.82) is 0 Å². The fourth-order valence-electron chi connectivity index (χ4n) is 1.89. The van der Waals surface area contributed by atoms with Gasteiger partial charge in [0.2, 0.25) is 0 Å². The first kappa shape index (κ1) is 12.9. The molecule has 0 bridgehead atoms. The molecule has 1 heterocycles. The number of ether oxygens (including phenoxy) is 3. The highest BCUT2D eigenvalue weighted by molar-refractivity contribution is 4.71. The van der Waals surface area contributed by atoms with Crippen molar-refractivity contribution >= 4 is 0 Å². The molecule has 2 unspecified atom stereocenters. The van der Waals surface area contributed by atoms with Crippen LogP contribution in [0.2, 0.25) is 0 Å². The molecule has 1 rings (SSSR count). The molecule has 0 amide bonds. The molecule has 90 valence electrons. The summed E-state index contributed by atoms with van der Waals surface area (Å²) in [7, 11) is 3.31. The minimum Gasteiger partial charge on any atom is -0.377 e. The van der Waals surface area contributed by atoms with E-state index in [-0.39, 0.29) is 12.3 Å². The molecular formula is C11H23NO3. The molecule has 0 aromatic heterocycles. The van der Waals surface area contributed by atoms with Crippen molar-refractivity contribution in [2.24, 2.45) is 0 Å². The van der Waals surface area contributed by atoms with Crippen molar-refractivity contribution in [1.82, 2.24) is 5.32 Å². The van der Waals surface area contributed by atoms with Gasteiger partial charge in [0.05, 0.1) is 12.1 Å². The van der Waals surface area contributed by atoms with Crippen LogP contribution in [0.15, 0.2) is 0 Å². The Bertz CT molecular complexity index is 156. The van der Waals surface area contributed by atoms with Crippen LogP contribution >= 0.6 is 0 Å². The van der Waals surface area contributed by atoms with Crippen LogP contribution in [0.1, 0.15) is 26.2 Å². The Balaban J connectivity index is 2.16. The monoisotopic (exact) mass is 217 g/mol. The zero-order chi connectivity index (χ0) is 11.1. The van der Waals surface area contributed by atoms with E-state index in [0.29, 0.717) is 6.10 Å². The molecule has 0 aliphatic carbocycles. The van der Waals surface area contributed by atoms with Crippen LogP contribution in [-0.4, -0.2) is 45.8 Å². The van der Waals surface area contributed by atoms with Crippen molar-refractivity contribution in [3.8, 4) is 0 Å². The van der Waals surface area contributed by atoms with Crippen LogP contribution < -0.4 is 5.32 Å². The van der Waals surface area contributed by atoms with Gasteiger partial charge in [-0.05, 0) is 26.2 Å².